The lowest BCUT2D eigenvalue weighted by Crippen LogP contribution is -2.36. The van der Waals surface area contributed by atoms with Crippen molar-refractivity contribution in [3.63, 3.8) is 0 Å². The van der Waals surface area contributed by atoms with E-state index in [1.54, 1.807) is 11.6 Å². The molecule has 2 aromatic rings. The fourth-order valence-electron chi connectivity index (χ4n) is 2.98. The van der Waals surface area contributed by atoms with Crippen LogP contribution in [-0.2, 0) is 7.05 Å². The summed E-state index contributed by atoms with van der Waals surface area (Å²) in [5.41, 5.74) is 1.71. The Morgan fingerprint density at radius 3 is 2.62 bits per heavy atom. The van der Waals surface area contributed by atoms with Crippen molar-refractivity contribution in [3.05, 3.63) is 40.2 Å². The largest absolute Gasteiger partial charge is 0.370 e. The maximum atomic E-state index is 12.4. The number of piperidine rings is 1. The molecule has 3 rings (SSSR count). The van der Waals surface area contributed by atoms with Crippen LogP contribution >= 0.6 is 15.9 Å². The lowest BCUT2D eigenvalue weighted by Gasteiger charge is -2.33. The Morgan fingerprint density at radius 2 is 1.95 bits per heavy atom. The second kappa shape index (κ2) is 5.53. The highest BCUT2D eigenvalue weighted by Gasteiger charge is 2.23. The molecule has 0 spiro atoms. The average Bonchev–Trinajstić information content (AvgIpc) is 2.52. The molecule has 0 aliphatic carbocycles. The van der Waals surface area contributed by atoms with E-state index >= 15 is 0 Å². The standard InChI is InChI=1S/C16H16BrN3O/c1-19-14-5-3-2-4-12(14)15(13(10-18)16(19)21)20-8-6-11(17)7-9-20/h2-5,11H,6-9H2,1H3. The molecule has 1 aromatic carbocycles. The number of rotatable bonds is 1. The van der Waals surface area contributed by atoms with Gasteiger partial charge in [-0.25, -0.2) is 0 Å². The number of nitrogens with zero attached hydrogens (tertiary/aromatic N) is 3. The molecule has 108 valence electrons. The van der Waals surface area contributed by atoms with E-state index in [2.05, 4.69) is 26.9 Å². The number of pyridine rings is 1. The summed E-state index contributed by atoms with van der Waals surface area (Å²) >= 11 is 3.64. The zero-order valence-corrected chi connectivity index (χ0v) is 13.4. The highest BCUT2D eigenvalue weighted by molar-refractivity contribution is 9.09. The summed E-state index contributed by atoms with van der Waals surface area (Å²) in [7, 11) is 1.72. The van der Waals surface area contributed by atoms with E-state index in [0.717, 1.165) is 42.5 Å². The number of hydrogen-bond donors (Lipinski definition) is 0. The van der Waals surface area contributed by atoms with Crippen molar-refractivity contribution < 1.29 is 0 Å². The number of aromatic nitrogens is 1. The Kier molecular flexibility index (Phi) is 3.73. The first-order valence-electron chi connectivity index (χ1n) is 7.04. The Hall–Kier alpha value is -1.80. The van der Waals surface area contributed by atoms with E-state index in [1.807, 2.05) is 24.3 Å². The highest BCUT2D eigenvalue weighted by atomic mass is 79.9. The van der Waals surface area contributed by atoms with E-state index in [9.17, 15) is 10.1 Å². The van der Waals surface area contributed by atoms with Gasteiger partial charge < -0.3 is 9.47 Å². The van der Waals surface area contributed by atoms with E-state index in [1.165, 1.54) is 0 Å². The minimum atomic E-state index is -0.216. The molecule has 1 aromatic heterocycles. The lowest BCUT2D eigenvalue weighted by molar-refractivity contribution is 0.597. The lowest BCUT2D eigenvalue weighted by atomic mass is 10.0. The van der Waals surface area contributed by atoms with Crippen molar-refractivity contribution >= 4 is 32.5 Å². The number of alkyl halides is 1. The van der Waals surface area contributed by atoms with Crippen LogP contribution in [0.2, 0.25) is 0 Å². The van der Waals surface area contributed by atoms with Gasteiger partial charge >= 0.3 is 0 Å². The van der Waals surface area contributed by atoms with Crippen molar-refractivity contribution in [1.82, 2.24) is 4.57 Å². The maximum absolute atomic E-state index is 12.4. The van der Waals surface area contributed by atoms with Crippen LogP contribution < -0.4 is 10.5 Å². The van der Waals surface area contributed by atoms with Gasteiger partial charge in [-0.05, 0) is 18.9 Å². The Labute approximate surface area is 131 Å². The van der Waals surface area contributed by atoms with Gasteiger partial charge in [0.25, 0.3) is 5.56 Å². The Morgan fingerprint density at radius 1 is 1.29 bits per heavy atom. The van der Waals surface area contributed by atoms with Crippen LogP contribution in [0.5, 0.6) is 0 Å². The van der Waals surface area contributed by atoms with Crippen molar-refractivity contribution in [2.24, 2.45) is 7.05 Å². The normalized spacial score (nSPS) is 16.1. The molecule has 0 unspecified atom stereocenters. The van der Waals surface area contributed by atoms with Gasteiger partial charge in [0.1, 0.15) is 11.6 Å². The Bertz CT molecular complexity index is 782. The first-order valence-corrected chi connectivity index (χ1v) is 7.96. The smallest absolute Gasteiger partial charge is 0.270 e. The molecule has 0 amide bonds. The molecular weight excluding hydrogens is 330 g/mol. The molecule has 2 heterocycles. The second-order valence-corrected chi connectivity index (χ2v) is 6.67. The van der Waals surface area contributed by atoms with Gasteiger partial charge in [0.05, 0.1) is 11.2 Å². The molecular formula is C16H16BrN3O. The molecule has 4 nitrogen and oxygen atoms in total. The molecule has 1 aliphatic heterocycles. The van der Waals surface area contributed by atoms with Gasteiger partial charge in [-0.2, -0.15) is 5.26 Å². The topological polar surface area (TPSA) is 49.0 Å². The van der Waals surface area contributed by atoms with Crippen molar-refractivity contribution in [2.45, 2.75) is 17.7 Å². The first kappa shape index (κ1) is 14.2. The van der Waals surface area contributed by atoms with Gasteiger partial charge in [0.2, 0.25) is 0 Å². The molecule has 0 N–H and O–H groups in total. The molecule has 0 saturated carbocycles. The first-order chi connectivity index (χ1) is 10.1. The molecule has 1 aliphatic rings. The van der Waals surface area contributed by atoms with Crippen LogP contribution in [0, 0.1) is 11.3 Å². The predicted molar refractivity (Wildman–Crippen MR) is 88.1 cm³/mol. The van der Waals surface area contributed by atoms with Crippen LogP contribution in [0.25, 0.3) is 10.9 Å². The zero-order valence-electron chi connectivity index (χ0n) is 11.8. The molecule has 1 saturated heterocycles. The van der Waals surface area contributed by atoms with Crippen molar-refractivity contribution in [2.75, 3.05) is 18.0 Å². The monoisotopic (exact) mass is 345 g/mol. The van der Waals surface area contributed by atoms with Gasteiger partial charge in [-0.3, -0.25) is 4.79 Å². The minimum absolute atomic E-state index is 0.216. The van der Waals surface area contributed by atoms with E-state index in [0.29, 0.717) is 4.83 Å². The van der Waals surface area contributed by atoms with Gasteiger partial charge in [0.15, 0.2) is 0 Å². The van der Waals surface area contributed by atoms with E-state index < -0.39 is 0 Å². The number of nitriles is 1. The maximum Gasteiger partial charge on any atom is 0.270 e. The van der Waals surface area contributed by atoms with Crippen LogP contribution in [-0.4, -0.2) is 22.5 Å². The summed E-state index contributed by atoms with van der Waals surface area (Å²) in [6.07, 6.45) is 2.04. The third kappa shape index (κ3) is 2.34. The van der Waals surface area contributed by atoms with Gasteiger partial charge in [-0.1, -0.05) is 34.1 Å². The number of para-hydroxylation sites is 1. The highest BCUT2D eigenvalue weighted by Crippen LogP contribution is 2.31. The molecule has 1 fully saturated rings. The summed E-state index contributed by atoms with van der Waals surface area (Å²) in [6, 6.07) is 9.91. The third-order valence-corrected chi connectivity index (χ3v) is 5.04. The SMILES string of the molecule is Cn1c(=O)c(C#N)c(N2CCC(Br)CC2)c2ccccc21. The van der Waals surface area contributed by atoms with Crippen LogP contribution in [0.3, 0.4) is 0 Å². The van der Waals surface area contributed by atoms with Crippen molar-refractivity contribution in [3.8, 4) is 6.07 Å². The number of aryl methyl sites for hydroxylation is 1. The number of anilines is 1. The molecule has 21 heavy (non-hydrogen) atoms. The summed E-state index contributed by atoms with van der Waals surface area (Å²) in [6.45, 7) is 1.73. The molecule has 5 heteroatoms. The quantitative estimate of drug-likeness (QED) is 0.746. The fourth-order valence-corrected chi connectivity index (χ4v) is 3.39. The van der Waals surface area contributed by atoms with E-state index in [4.69, 9.17) is 0 Å². The number of halogens is 1. The predicted octanol–water partition coefficient (Wildman–Crippen LogP) is 2.77. The zero-order chi connectivity index (χ0) is 15.0. The van der Waals surface area contributed by atoms with Crippen molar-refractivity contribution in [1.29, 1.82) is 5.26 Å². The summed E-state index contributed by atoms with van der Waals surface area (Å²) < 4.78 is 1.56. The fraction of sp³-hybridized carbons (Fsp3) is 0.375. The van der Waals surface area contributed by atoms with Gasteiger partial charge in [-0.15, -0.1) is 0 Å². The average molecular weight is 346 g/mol. The van der Waals surface area contributed by atoms with E-state index in [-0.39, 0.29) is 11.1 Å². The minimum Gasteiger partial charge on any atom is -0.370 e. The number of benzene rings is 1. The molecule has 0 bridgehead atoms. The summed E-state index contributed by atoms with van der Waals surface area (Å²) in [5.74, 6) is 0. The molecule has 0 atom stereocenters. The third-order valence-electron chi connectivity index (χ3n) is 4.13. The molecule has 0 radical (unpaired) electrons. The second-order valence-electron chi connectivity index (χ2n) is 5.38. The van der Waals surface area contributed by atoms with Crippen LogP contribution in [0.1, 0.15) is 18.4 Å². The number of fused-ring (bicyclic) bond motifs is 1. The summed E-state index contributed by atoms with van der Waals surface area (Å²) in [5, 5.41) is 10.4. The number of hydrogen-bond acceptors (Lipinski definition) is 3. The van der Waals surface area contributed by atoms with Gasteiger partial charge in [0, 0.05) is 30.4 Å². The van der Waals surface area contributed by atoms with Crippen LogP contribution in [0.4, 0.5) is 5.69 Å². The summed E-state index contributed by atoms with van der Waals surface area (Å²) in [4.78, 5) is 15.2. The van der Waals surface area contributed by atoms with Crippen LogP contribution in [0.15, 0.2) is 29.1 Å². The Balaban J connectivity index is 2.28.